The van der Waals surface area contributed by atoms with Crippen LogP contribution in [0.5, 0.6) is 0 Å². The highest BCUT2D eigenvalue weighted by Crippen LogP contribution is 2.22. The number of sulfonamides is 1. The second-order valence-corrected chi connectivity index (χ2v) is 10.2. The quantitative estimate of drug-likeness (QED) is 0.444. The van der Waals surface area contributed by atoms with Crippen LogP contribution >= 0.6 is 11.3 Å². The lowest BCUT2D eigenvalue weighted by Crippen LogP contribution is -2.24. The number of nitrogens with one attached hydrogen (secondary N) is 2. The van der Waals surface area contributed by atoms with Crippen molar-refractivity contribution in [3.8, 4) is 0 Å². The predicted octanol–water partition coefficient (Wildman–Crippen LogP) is 3.11. The van der Waals surface area contributed by atoms with Gasteiger partial charge in [-0.1, -0.05) is 36.4 Å². The van der Waals surface area contributed by atoms with E-state index in [0.717, 1.165) is 9.87 Å². The molecule has 2 N–H and O–H groups in total. The van der Waals surface area contributed by atoms with E-state index in [1.54, 1.807) is 24.4 Å². The van der Waals surface area contributed by atoms with Crippen molar-refractivity contribution in [3.05, 3.63) is 70.7 Å². The van der Waals surface area contributed by atoms with E-state index < -0.39 is 28.5 Å². The summed E-state index contributed by atoms with van der Waals surface area (Å²) in [4.78, 5) is 28.7. The summed E-state index contributed by atoms with van der Waals surface area (Å²) in [5.41, 5.74) is 2.00. The molecule has 3 rings (SSSR count). The number of carbonyl (C=O) groups excluding carboxylic acids is 2. The van der Waals surface area contributed by atoms with Crippen LogP contribution in [0.3, 0.4) is 0 Å². The third-order valence-corrected chi connectivity index (χ3v) is 7.32. The summed E-state index contributed by atoms with van der Waals surface area (Å²) in [5.74, 6) is -1.33. The Labute approximate surface area is 196 Å². The maximum absolute atomic E-state index is 12.4. The molecule has 11 heteroatoms. The molecule has 1 heterocycles. The number of aryl methyl sites for hydroxylation is 1. The van der Waals surface area contributed by atoms with E-state index in [9.17, 15) is 18.0 Å². The van der Waals surface area contributed by atoms with Gasteiger partial charge in [-0.05, 0) is 30.2 Å². The minimum absolute atomic E-state index is 0.0836. The number of esters is 1. The molecule has 3 aromatic rings. The van der Waals surface area contributed by atoms with Gasteiger partial charge in [0.05, 0.1) is 4.90 Å². The Balaban J connectivity index is 1.54. The Bertz CT molecular complexity index is 1240. The third-order valence-electron chi connectivity index (χ3n) is 4.56. The SMILES string of the molecule is Cc1ccc(NC(=O)COC(=O)c2csc(NCc3ccccc3)n2)cc1S(=O)(=O)N(C)C. The number of thiazole rings is 1. The molecular formula is C22H24N4O5S2. The van der Waals surface area contributed by atoms with Crippen molar-refractivity contribution in [2.45, 2.75) is 18.4 Å². The standard InChI is InChI=1S/C22H24N4O5S2/c1-15-9-10-17(11-19(15)33(29,30)26(2)3)24-20(27)13-31-21(28)18-14-32-22(25-18)23-12-16-7-5-4-6-8-16/h4-11,14H,12-13H2,1-3H3,(H,23,25)(H,24,27). The zero-order valence-corrected chi connectivity index (χ0v) is 20.0. The molecule has 2 aromatic carbocycles. The molecule has 1 amide bonds. The first-order chi connectivity index (χ1) is 15.7. The summed E-state index contributed by atoms with van der Waals surface area (Å²) in [6.07, 6.45) is 0. The predicted molar refractivity (Wildman–Crippen MR) is 127 cm³/mol. The Morgan fingerprint density at radius 3 is 2.55 bits per heavy atom. The highest BCUT2D eigenvalue weighted by Gasteiger charge is 2.21. The van der Waals surface area contributed by atoms with E-state index in [-0.39, 0.29) is 16.3 Å². The Morgan fingerprint density at radius 1 is 1.12 bits per heavy atom. The van der Waals surface area contributed by atoms with Gasteiger partial charge in [-0.15, -0.1) is 11.3 Å². The molecule has 9 nitrogen and oxygen atoms in total. The lowest BCUT2D eigenvalue weighted by molar-refractivity contribution is -0.119. The number of amides is 1. The first-order valence-corrected chi connectivity index (χ1v) is 12.2. The molecule has 0 saturated heterocycles. The highest BCUT2D eigenvalue weighted by molar-refractivity contribution is 7.89. The minimum Gasteiger partial charge on any atom is -0.451 e. The van der Waals surface area contributed by atoms with Gasteiger partial charge in [0, 0.05) is 31.7 Å². The molecule has 0 spiro atoms. The Morgan fingerprint density at radius 2 is 1.85 bits per heavy atom. The van der Waals surface area contributed by atoms with Gasteiger partial charge in [0.1, 0.15) is 0 Å². The van der Waals surface area contributed by atoms with Crippen LogP contribution < -0.4 is 10.6 Å². The van der Waals surface area contributed by atoms with Crippen molar-refractivity contribution in [2.24, 2.45) is 0 Å². The molecule has 0 saturated carbocycles. The van der Waals surface area contributed by atoms with Gasteiger partial charge >= 0.3 is 5.97 Å². The van der Waals surface area contributed by atoms with Crippen molar-refractivity contribution in [1.29, 1.82) is 0 Å². The number of ether oxygens (including phenoxy) is 1. The fraction of sp³-hybridized carbons (Fsp3) is 0.227. The van der Waals surface area contributed by atoms with Crippen LogP contribution in [0.25, 0.3) is 0 Å². The molecular weight excluding hydrogens is 464 g/mol. The Kier molecular flexibility index (Phi) is 7.79. The van der Waals surface area contributed by atoms with Crippen molar-refractivity contribution in [1.82, 2.24) is 9.29 Å². The van der Waals surface area contributed by atoms with Gasteiger partial charge < -0.3 is 15.4 Å². The number of hydrogen-bond donors (Lipinski definition) is 2. The normalized spacial score (nSPS) is 11.3. The van der Waals surface area contributed by atoms with E-state index >= 15 is 0 Å². The molecule has 0 atom stereocenters. The zero-order valence-electron chi connectivity index (χ0n) is 18.4. The third kappa shape index (κ3) is 6.37. The monoisotopic (exact) mass is 488 g/mol. The first kappa shape index (κ1) is 24.4. The summed E-state index contributed by atoms with van der Waals surface area (Å²) in [7, 11) is -0.802. The van der Waals surface area contributed by atoms with Crippen LogP contribution in [0.2, 0.25) is 0 Å². The second kappa shape index (κ2) is 10.6. The van der Waals surface area contributed by atoms with Crippen LogP contribution in [-0.2, 0) is 26.1 Å². The van der Waals surface area contributed by atoms with Gasteiger partial charge in [-0.25, -0.2) is 22.5 Å². The maximum Gasteiger partial charge on any atom is 0.358 e. The van der Waals surface area contributed by atoms with Gasteiger partial charge in [0.2, 0.25) is 10.0 Å². The van der Waals surface area contributed by atoms with Crippen molar-refractivity contribution in [3.63, 3.8) is 0 Å². The van der Waals surface area contributed by atoms with E-state index in [1.165, 1.54) is 31.5 Å². The van der Waals surface area contributed by atoms with Crippen molar-refractivity contribution in [2.75, 3.05) is 31.3 Å². The van der Waals surface area contributed by atoms with Gasteiger partial charge in [0.25, 0.3) is 5.91 Å². The topological polar surface area (TPSA) is 118 Å². The van der Waals surface area contributed by atoms with Gasteiger partial charge in [-0.3, -0.25) is 4.79 Å². The maximum atomic E-state index is 12.4. The zero-order chi connectivity index (χ0) is 24.0. The minimum atomic E-state index is -3.66. The summed E-state index contributed by atoms with van der Waals surface area (Å²) >= 11 is 1.26. The van der Waals surface area contributed by atoms with Crippen LogP contribution in [0.4, 0.5) is 10.8 Å². The number of aromatic nitrogens is 1. The number of hydrogen-bond acceptors (Lipinski definition) is 8. The molecule has 1 aromatic heterocycles. The smallest absolute Gasteiger partial charge is 0.358 e. The first-order valence-electron chi connectivity index (χ1n) is 9.90. The van der Waals surface area contributed by atoms with Gasteiger partial charge in [0.15, 0.2) is 17.4 Å². The molecule has 174 valence electrons. The van der Waals surface area contributed by atoms with Crippen LogP contribution in [0.1, 0.15) is 21.6 Å². The Hall–Kier alpha value is -3.28. The fourth-order valence-corrected chi connectivity index (χ4v) is 4.60. The number of anilines is 2. The lowest BCUT2D eigenvalue weighted by atomic mass is 10.2. The lowest BCUT2D eigenvalue weighted by Gasteiger charge is -2.15. The summed E-state index contributed by atoms with van der Waals surface area (Å²) in [5, 5.41) is 7.78. The van der Waals surface area contributed by atoms with E-state index in [0.29, 0.717) is 17.2 Å². The van der Waals surface area contributed by atoms with E-state index in [4.69, 9.17) is 4.74 Å². The summed E-state index contributed by atoms with van der Waals surface area (Å²) in [6.45, 7) is 1.70. The number of carbonyl (C=O) groups is 2. The van der Waals surface area contributed by atoms with Gasteiger partial charge in [-0.2, -0.15) is 0 Å². The fourth-order valence-electron chi connectivity index (χ4n) is 2.78. The molecule has 0 aliphatic rings. The molecule has 0 aliphatic carbocycles. The van der Waals surface area contributed by atoms with Crippen molar-refractivity contribution < 1.29 is 22.7 Å². The number of rotatable bonds is 9. The average molecular weight is 489 g/mol. The highest BCUT2D eigenvalue weighted by atomic mass is 32.2. The number of benzene rings is 2. The average Bonchev–Trinajstić information content (AvgIpc) is 3.27. The molecule has 0 fully saturated rings. The van der Waals surface area contributed by atoms with Crippen LogP contribution in [-0.4, -0.2) is 50.3 Å². The van der Waals surface area contributed by atoms with E-state index in [2.05, 4.69) is 15.6 Å². The molecule has 0 radical (unpaired) electrons. The summed E-state index contributed by atoms with van der Waals surface area (Å²) in [6, 6.07) is 14.3. The number of nitrogens with zero attached hydrogens (tertiary/aromatic N) is 2. The summed E-state index contributed by atoms with van der Waals surface area (Å²) < 4.78 is 31.0. The van der Waals surface area contributed by atoms with E-state index in [1.807, 2.05) is 30.3 Å². The van der Waals surface area contributed by atoms with Crippen LogP contribution in [0.15, 0.2) is 58.8 Å². The molecule has 0 unspecified atom stereocenters. The molecule has 33 heavy (non-hydrogen) atoms. The van der Waals surface area contributed by atoms with Crippen LogP contribution in [0, 0.1) is 6.92 Å². The molecule has 0 bridgehead atoms. The second-order valence-electron chi connectivity index (χ2n) is 7.27. The van der Waals surface area contributed by atoms with Crippen molar-refractivity contribution >= 4 is 44.1 Å². The largest absolute Gasteiger partial charge is 0.451 e. The molecule has 0 aliphatic heterocycles.